The third kappa shape index (κ3) is 2.91. The number of halogens is 3. The smallest absolute Gasteiger partial charge is 0.250 e. The molecule has 0 aliphatic heterocycles. The van der Waals surface area contributed by atoms with E-state index in [1.54, 1.807) is 18.2 Å². The first-order valence-corrected chi connectivity index (χ1v) is 5.22. The van der Waals surface area contributed by atoms with Crippen LogP contribution in [0, 0.1) is 11.6 Å². The number of ether oxygens (including phenoxy) is 1. The first-order chi connectivity index (χ1) is 8.16. The topological polar surface area (TPSA) is 22.1 Å². The molecule has 88 valence electrons. The van der Waals surface area contributed by atoms with Crippen molar-refractivity contribution in [2.45, 2.75) is 6.61 Å². The summed E-state index contributed by atoms with van der Waals surface area (Å²) in [7, 11) is 0. The molecule has 0 aliphatic rings. The van der Waals surface area contributed by atoms with Crippen molar-refractivity contribution in [2.24, 2.45) is 0 Å². The van der Waals surface area contributed by atoms with Crippen LogP contribution in [0.15, 0.2) is 36.5 Å². The average Bonchev–Trinajstić information content (AvgIpc) is 2.30. The van der Waals surface area contributed by atoms with Crippen molar-refractivity contribution in [2.75, 3.05) is 0 Å². The van der Waals surface area contributed by atoms with E-state index in [0.717, 1.165) is 6.07 Å². The van der Waals surface area contributed by atoms with Gasteiger partial charge in [0.25, 0.3) is 5.88 Å². The second-order valence-corrected chi connectivity index (χ2v) is 3.76. The molecule has 1 aromatic carbocycles. The van der Waals surface area contributed by atoms with E-state index in [-0.39, 0.29) is 17.5 Å². The lowest BCUT2D eigenvalue weighted by Crippen LogP contribution is -2.01. The summed E-state index contributed by atoms with van der Waals surface area (Å²) in [4.78, 5) is 3.67. The predicted molar refractivity (Wildman–Crippen MR) is 59.9 cm³/mol. The van der Waals surface area contributed by atoms with E-state index >= 15 is 0 Å². The number of hydrogen-bond donors (Lipinski definition) is 0. The van der Waals surface area contributed by atoms with Crippen LogP contribution in [0.2, 0.25) is 5.02 Å². The van der Waals surface area contributed by atoms with Crippen molar-refractivity contribution in [1.82, 2.24) is 4.98 Å². The van der Waals surface area contributed by atoms with Gasteiger partial charge in [0, 0.05) is 11.8 Å². The quantitative estimate of drug-likeness (QED) is 0.836. The van der Waals surface area contributed by atoms with Gasteiger partial charge in [-0.25, -0.2) is 13.8 Å². The zero-order valence-electron chi connectivity index (χ0n) is 8.66. The summed E-state index contributed by atoms with van der Waals surface area (Å²) in [5.41, 5.74) is 0.337. The zero-order valence-corrected chi connectivity index (χ0v) is 9.42. The van der Waals surface area contributed by atoms with Crippen LogP contribution in [-0.4, -0.2) is 4.98 Å². The molecule has 2 aromatic rings. The first kappa shape index (κ1) is 11.8. The summed E-state index contributed by atoms with van der Waals surface area (Å²) < 4.78 is 31.6. The highest BCUT2D eigenvalue weighted by molar-refractivity contribution is 6.30. The third-order valence-electron chi connectivity index (χ3n) is 2.10. The molecule has 0 amide bonds. The molecular weight excluding hydrogens is 248 g/mol. The molecular formula is C12H8ClF2NO. The summed E-state index contributed by atoms with van der Waals surface area (Å²) in [6.07, 6.45) is 1.27. The van der Waals surface area contributed by atoms with Crippen LogP contribution in [0.3, 0.4) is 0 Å². The molecule has 0 fully saturated rings. The van der Waals surface area contributed by atoms with Gasteiger partial charge < -0.3 is 4.74 Å². The average molecular weight is 256 g/mol. The lowest BCUT2D eigenvalue weighted by molar-refractivity contribution is 0.272. The fourth-order valence-electron chi connectivity index (χ4n) is 1.27. The van der Waals surface area contributed by atoms with Gasteiger partial charge >= 0.3 is 0 Å². The Morgan fingerprint density at radius 3 is 2.65 bits per heavy atom. The molecule has 2 nitrogen and oxygen atoms in total. The SMILES string of the molecule is Fc1ccccc1COc1ncc(Cl)cc1F. The highest BCUT2D eigenvalue weighted by atomic mass is 35.5. The molecule has 17 heavy (non-hydrogen) atoms. The Morgan fingerprint density at radius 2 is 1.94 bits per heavy atom. The maximum Gasteiger partial charge on any atom is 0.250 e. The van der Waals surface area contributed by atoms with Crippen LogP contribution in [0.25, 0.3) is 0 Å². The molecule has 0 atom stereocenters. The molecule has 1 aromatic heterocycles. The molecule has 0 saturated heterocycles. The number of pyridine rings is 1. The molecule has 0 N–H and O–H groups in total. The van der Waals surface area contributed by atoms with Gasteiger partial charge in [-0.3, -0.25) is 0 Å². The van der Waals surface area contributed by atoms with Gasteiger partial charge in [-0.15, -0.1) is 0 Å². The number of nitrogens with zero attached hydrogens (tertiary/aromatic N) is 1. The van der Waals surface area contributed by atoms with E-state index in [0.29, 0.717) is 5.56 Å². The molecule has 0 unspecified atom stereocenters. The van der Waals surface area contributed by atoms with Crippen molar-refractivity contribution < 1.29 is 13.5 Å². The molecule has 2 rings (SSSR count). The van der Waals surface area contributed by atoms with E-state index in [9.17, 15) is 8.78 Å². The van der Waals surface area contributed by atoms with Crippen molar-refractivity contribution in [3.8, 4) is 5.88 Å². The van der Waals surface area contributed by atoms with E-state index < -0.39 is 11.6 Å². The Balaban J connectivity index is 2.10. The minimum Gasteiger partial charge on any atom is -0.471 e. The van der Waals surface area contributed by atoms with Crippen LogP contribution in [0.1, 0.15) is 5.56 Å². The number of hydrogen-bond acceptors (Lipinski definition) is 2. The minimum atomic E-state index is -0.672. The van der Waals surface area contributed by atoms with Crippen molar-refractivity contribution in [3.05, 3.63) is 58.7 Å². The Bertz CT molecular complexity index is 534. The Hall–Kier alpha value is -1.68. The minimum absolute atomic E-state index is 0.0851. The van der Waals surface area contributed by atoms with Crippen molar-refractivity contribution >= 4 is 11.6 Å². The lowest BCUT2D eigenvalue weighted by atomic mass is 10.2. The zero-order chi connectivity index (χ0) is 12.3. The monoisotopic (exact) mass is 255 g/mol. The van der Waals surface area contributed by atoms with Gasteiger partial charge in [-0.2, -0.15) is 0 Å². The maximum atomic E-state index is 13.3. The fourth-order valence-corrected chi connectivity index (χ4v) is 1.41. The van der Waals surface area contributed by atoms with E-state index in [2.05, 4.69) is 4.98 Å². The van der Waals surface area contributed by atoms with Crippen LogP contribution < -0.4 is 4.74 Å². The molecule has 0 bridgehead atoms. The fraction of sp³-hybridized carbons (Fsp3) is 0.0833. The van der Waals surface area contributed by atoms with E-state index in [1.807, 2.05) is 0 Å². The number of rotatable bonds is 3. The summed E-state index contributed by atoms with van der Waals surface area (Å²) in [6, 6.07) is 7.20. The van der Waals surface area contributed by atoms with Gasteiger partial charge in [-0.05, 0) is 12.1 Å². The van der Waals surface area contributed by atoms with Gasteiger partial charge in [0.05, 0.1) is 5.02 Å². The normalized spacial score (nSPS) is 10.3. The largest absolute Gasteiger partial charge is 0.471 e. The van der Waals surface area contributed by atoms with Gasteiger partial charge in [-0.1, -0.05) is 29.8 Å². The van der Waals surface area contributed by atoms with Crippen LogP contribution in [0.4, 0.5) is 8.78 Å². The molecule has 0 saturated carbocycles. The first-order valence-electron chi connectivity index (χ1n) is 4.84. The summed E-state index contributed by atoms with van der Waals surface area (Å²) >= 11 is 5.54. The second-order valence-electron chi connectivity index (χ2n) is 3.32. The van der Waals surface area contributed by atoms with Gasteiger partial charge in [0.15, 0.2) is 5.82 Å². The Kier molecular flexibility index (Phi) is 3.54. The Morgan fingerprint density at radius 1 is 1.18 bits per heavy atom. The number of benzene rings is 1. The van der Waals surface area contributed by atoms with Gasteiger partial charge in [0.2, 0.25) is 0 Å². The molecule has 0 spiro atoms. The second kappa shape index (κ2) is 5.10. The highest BCUT2D eigenvalue weighted by Gasteiger charge is 2.07. The third-order valence-corrected chi connectivity index (χ3v) is 2.30. The van der Waals surface area contributed by atoms with Crippen molar-refractivity contribution in [3.63, 3.8) is 0 Å². The Labute approximate surface area is 102 Å². The molecule has 1 heterocycles. The van der Waals surface area contributed by atoms with Crippen molar-refractivity contribution in [1.29, 1.82) is 0 Å². The van der Waals surface area contributed by atoms with Crippen LogP contribution in [-0.2, 0) is 6.61 Å². The predicted octanol–water partition coefficient (Wildman–Crippen LogP) is 3.59. The number of aromatic nitrogens is 1. The molecule has 0 radical (unpaired) electrons. The van der Waals surface area contributed by atoms with E-state index in [4.69, 9.17) is 16.3 Å². The summed E-state index contributed by atoms with van der Waals surface area (Å²) in [5, 5.41) is 0.181. The van der Waals surface area contributed by atoms with Crippen LogP contribution in [0.5, 0.6) is 5.88 Å². The molecule has 5 heteroatoms. The lowest BCUT2D eigenvalue weighted by Gasteiger charge is -2.06. The molecule has 0 aliphatic carbocycles. The summed E-state index contributed by atoms with van der Waals surface area (Å²) in [5.74, 6) is -1.27. The highest BCUT2D eigenvalue weighted by Crippen LogP contribution is 2.19. The van der Waals surface area contributed by atoms with Gasteiger partial charge in [0.1, 0.15) is 12.4 Å². The standard InChI is InChI=1S/C12H8ClF2NO/c13-9-5-11(15)12(16-6-9)17-7-8-3-1-2-4-10(8)14/h1-6H,7H2. The maximum absolute atomic E-state index is 13.3. The summed E-state index contributed by atoms with van der Waals surface area (Å²) in [6.45, 7) is -0.0851. The van der Waals surface area contributed by atoms with E-state index in [1.165, 1.54) is 12.3 Å². The van der Waals surface area contributed by atoms with Crippen LogP contribution >= 0.6 is 11.6 Å².